The highest BCUT2D eigenvalue weighted by Gasteiger charge is 2.35. The van der Waals surface area contributed by atoms with Crippen LogP contribution in [0.2, 0.25) is 5.02 Å². The van der Waals surface area contributed by atoms with Crippen molar-refractivity contribution in [2.24, 2.45) is 5.92 Å². The van der Waals surface area contributed by atoms with Crippen LogP contribution >= 0.6 is 23.8 Å². The second-order valence-electron chi connectivity index (χ2n) is 11.4. The third kappa shape index (κ3) is 6.31. The molecule has 8 heteroatoms. The highest BCUT2D eigenvalue weighted by Crippen LogP contribution is 2.41. The lowest BCUT2D eigenvalue weighted by molar-refractivity contribution is 0.435. The van der Waals surface area contributed by atoms with E-state index in [9.17, 15) is 0 Å². The first-order chi connectivity index (χ1) is 17.9. The highest BCUT2D eigenvalue weighted by atomic mass is 35.5. The Balaban J connectivity index is 1.33. The topological polar surface area (TPSA) is 56.3 Å². The highest BCUT2D eigenvalue weighted by molar-refractivity contribution is 7.80. The van der Waals surface area contributed by atoms with E-state index in [-0.39, 0.29) is 5.41 Å². The first-order valence-electron chi connectivity index (χ1n) is 14.1. The SMILES string of the molecule is C[C@H]1CCCN(c2cc(N3CCCC[C@H]3C)nc(NC(=S)NCC3(c4ccc(Cl)cc4)CCCC3)n2)C1. The Hall–Kier alpha value is -2.12. The summed E-state index contributed by atoms with van der Waals surface area (Å²) in [5, 5.41) is 8.24. The van der Waals surface area contributed by atoms with Crippen LogP contribution in [0.1, 0.15) is 77.2 Å². The Morgan fingerprint density at radius 3 is 2.49 bits per heavy atom. The standard InChI is InChI=1S/C29H41ClN6S/c1-21-8-7-16-35(19-21)25-18-26(36-17-6-3-9-22(36)2)33-27(32-25)34-28(37)31-20-29(14-4-5-15-29)23-10-12-24(30)13-11-23/h10-13,18,21-22H,3-9,14-17,19-20H2,1-2H3,(H2,31,32,33,34,37)/t21-,22+/m0/s1. The number of aromatic nitrogens is 2. The van der Waals surface area contributed by atoms with Gasteiger partial charge in [-0.2, -0.15) is 9.97 Å². The second kappa shape index (κ2) is 11.7. The van der Waals surface area contributed by atoms with Crippen molar-refractivity contribution in [3.8, 4) is 0 Å². The molecular formula is C29H41ClN6S. The van der Waals surface area contributed by atoms with Gasteiger partial charge in [0.1, 0.15) is 11.6 Å². The van der Waals surface area contributed by atoms with Crippen LogP contribution < -0.4 is 20.4 Å². The van der Waals surface area contributed by atoms with Crippen molar-refractivity contribution < 1.29 is 0 Å². The molecule has 0 bridgehead atoms. The largest absolute Gasteiger partial charge is 0.361 e. The Bertz CT molecular complexity index is 1070. The van der Waals surface area contributed by atoms with Gasteiger partial charge >= 0.3 is 0 Å². The van der Waals surface area contributed by atoms with Gasteiger partial charge in [-0.05, 0) is 87.7 Å². The fourth-order valence-corrected chi connectivity index (χ4v) is 6.73. The van der Waals surface area contributed by atoms with Gasteiger partial charge in [-0.15, -0.1) is 0 Å². The number of piperidine rings is 2. The van der Waals surface area contributed by atoms with Crippen molar-refractivity contribution in [2.45, 2.75) is 83.1 Å². The Morgan fingerprint density at radius 1 is 1.00 bits per heavy atom. The predicted molar refractivity (Wildman–Crippen MR) is 159 cm³/mol. The number of nitrogens with zero attached hydrogens (tertiary/aromatic N) is 4. The molecular weight excluding hydrogens is 500 g/mol. The molecule has 2 N–H and O–H groups in total. The normalized spacial score (nSPS) is 23.6. The molecule has 3 heterocycles. The minimum absolute atomic E-state index is 0.0807. The van der Waals surface area contributed by atoms with E-state index in [2.05, 4.69) is 52.5 Å². The van der Waals surface area contributed by atoms with Gasteiger partial charge in [0.15, 0.2) is 5.11 Å². The minimum Gasteiger partial charge on any atom is -0.361 e. The van der Waals surface area contributed by atoms with Crippen LogP contribution in [0.3, 0.4) is 0 Å². The maximum Gasteiger partial charge on any atom is 0.232 e. The smallest absolute Gasteiger partial charge is 0.232 e. The average Bonchev–Trinajstić information content (AvgIpc) is 3.38. The maximum absolute atomic E-state index is 6.17. The van der Waals surface area contributed by atoms with E-state index < -0.39 is 0 Å². The Kier molecular flexibility index (Phi) is 8.40. The fourth-order valence-electron chi connectivity index (χ4n) is 6.44. The third-order valence-electron chi connectivity index (χ3n) is 8.61. The molecule has 37 heavy (non-hydrogen) atoms. The van der Waals surface area contributed by atoms with Gasteiger partial charge in [0.25, 0.3) is 0 Å². The molecule has 1 aromatic heterocycles. The summed E-state index contributed by atoms with van der Waals surface area (Å²) < 4.78 is 0. The molecule has 5 rings (SSSR count). The van der Waals surface area contributed by atoms with Crippen LogP contribution in [0.5, 0.6) is 0 Å². The fraction of sp³-hybridized carbons (Fsp3) is 0.621. The molecule has 6 nitrogen and oxygen atoms in total. The van der Waals surface area contributed by atoms with E-state index in [1.165, 1.54) is 50.5 Å². The summed E-state index contributed by atoms with van der Waals surface area (Å²) in [6.07, 6.45) is 11.0. The molecule has 2 atom stereocenters. The summed E-state index contributed by atoms with van der Waals surface area (Å²) in [4.78, 5) is 14.8. The van der Waals surface area contributed by atoms with Crippen LogP contribution in [-0.4, -0.2) is 47.3 Å². The Labute approximate surface area is 232 Å². The van der Waals surface area contributed by atoms with Crippen LogP contribution in [0.4, 0.5) is 17.6 Å². The first kappa shape index (κ1) is 26.5. The molecule has 3 aliphatic rings. The van der Waals surface area contributed by atoms with Gasteiger partial charge < -0.3 is 20.4 Å². The van der Waals surface area contributed by atoms with E-state index in [4.69, 9.17) is 33.8 Å². The van der Waals surface area contributed by atoms with Crippen LogP contribution in [0.15, 0.2) is 30.3 Å². The van der Waals surface area contributed by atoms with Gasteiger partial charge in [-0.3, -0.25) is 0 Å². The number of thiocarbonyl (C=S) groups is 1. The Morgan fingerprint density at radius 2 is 1.76 bits per heavy atom. The molecule has 0 spiro atoms. The lowest BCUT2D eigenvalue weighted by Gasteiger charge is -2.36. The van der Waals surface area contributed by atoms with E-state index in [1.807, 2.05) is 12.1 Å². The molecule has 0 unspecified atom stereocenters. The van der Waals surface area contributed by atoms with Gasteiger partial charge in [-0.1, -0.05) is 43.5 Å². The number of anilines is 3. The van der Waals surface area contributed by atoms with Crippen molar-refractivity contribution in [2.75, 3.05) is 41.3 Å². The van der Waals surface area contributed by atoms with Crippen molar-refractivity contribution in [1.82, 2.24) is 15.3 Å². The second-order valence-corrected chi connectivity index (χ2v) is 12.3. The maximum atomic E-state index is 6.17. The van der Waals surface area contributed by atoms with Crippen LogP contribution in [-0.2, 0) is 5.41 Å². The quantitative estimate of drug-likeness (QED) is 0.403. The van der Waals surface area contributed by atoms with Crippen LogP contribution in [0, 0.1) is 5.92 Å². The zero-order valence-corrected chi connectivity index (χ0v) is 23.9. The van der Waals surface area contributed by atoms with Crippen LogP contribution in [0.25, 0.3) is 0 Å². The molecule has 0 radical (unpaired) electrons. The molecule has 200 valence electrons. The molecule has 2 aromatic rings. The summed E-state index contributed by atoms with van der Waals surface area (Å²) in [5.74, 6) is 3.28. The summed E-state index contributed by atoms with van der Waals surface area (Å²) in [6, 6.07) is 11.0. The summed E-state index contributed by atoms with van der Waals surface area (Å²) in [6.45, 7) is 8.55. The average molecular weight is 541 g/mol. The summed E-state index contributed by atoms with van der Waals surface area (Å²) in [5.41, 5.74) is 1.42. The van der Waals surface area contributed by atoms with E-state index in [0.717, 1.165) is 55.7 Å². The van der Waals surface area contributed by atoms with Crippen molar-refractivity contribution in [3.63, 3.8) is 0 Å². The molecule has 2 aliphatic heterocycles. The van der Waals surface area contributed by atoms with E-state index in [1.54, 1.807) is 0 Å². The van der Waals surface area contributed by atoms with Crippen molar-refractivity contribution in [3.05, 3.63) is 40.9 Å². The number of nitrogens with one attached hydrogen (secondary N) is 2. The lowest BCUT2D eigenvalue weighted by atomic mass is 9.79. The molecule has 3 fully saturated rings. The number of halogens is 1. The summed E-state index contributed by atoms with van der Waals surface area (Å²) in [7, 11) is 0. The number of hydrogen-bond acceptors (Lipinski definition) is 5. The third-order valence-corrected chi connectivity index (χ3v) is 9.11. The monoisotopic (exact) mass is 540 g/mol. The van der Waals surface area contributed by atoms with Crippen molar-refractivity contribution >= 4 is 46.5 Å². The molecule has 1 saturated carbocycles. The van der Waals surface area contributed by atoms with Gasteiger partial charge in [0.2, 0.25) is 5.95 Å². The molecule has 2 saturated heterocycles. The summed E-state index contributed by atoms with van der Waals surface area (Å²) >= 11 is 12.0. The molecule has 1 aliphatic carbocycles. The van der Waals surface area contributed by atoms with E-state index in [0.29, 0.717) is 23.0 Å². The number of rotatable bonds is 6. The minimum atomic E-state index is 0.0807. The first-order valence-corrected chi connectivity index (χ1v) is 14.9. The number of benzene rings is 1. The zero-order valence-electron chi connectivity index (χ0n) is 22.3. The molecule has 0 amide bonds. The van der Waals surface area contributed by atoms with Gasteiger partial charge in [0, 0.05) is 48.7 Å². The zero-order chi connectivity index (χ0) is 25.8. The van der Waals surface area contributed by atoms with Gasteiger partial charge in [0.05, 0.1) is 0 Å². The van der Waals surface area contributed by atoms with Gasteiger partial charge in [-0.25, -0.2) is 0 Å². The molecule has 1 aromatic carbocycles. The predicted octanol–water partition coefficient (Wildman–Crippen LogP) is 6.54. The lowest BCUT2D eigenvalue weighted by Crippen LogP contribution is -2.41. The number of hydrogen-bond donors (Lipinski definition) is 2. The van der Waals surface area contributed by atoms with E-state index >= 15 is 0 Å². The van der Waals surface area contributed by atoms with Crippen molar-refractivity contribution in [1.29, 1.82) is 0 Å².